The molecule has 2 fully saturated rings. The van der Waals surface area contributed by atoms with Gasteiger partial charge in [-0.3, -0.25) is 4.79 Å². The summed E-state index contributed by atoms with van der Waals surface area (Å²) >= 11 is 14.3. The maximum absolute atomic E-state index is 12.3. The molecule has 1 aromatic carbocycles. The summed E-state index contributed by atoms with van der Waals surface area (Å²) in [6.07, 6.45) is 3.86. The summed E-state index contributed by atoms with van der Waals surface area (Å²) in [6, 6.07) is 5.53. The van der Waals surface area contributed by atoms with Crippen molar-refractivity contribution >= 4 is 40.9 Å². The Bertz CT molecular complexity index is 529. The number of rotatable bonds is 4. The summed E-state index contributed by atoms with van der Waals surface area (Å²) in [5.74, 6) is 0.689. The van der Waals surface area contributed by atoms with Gasteiger partial charge in [-0.15, -0.1) is 11.8 Å². The monoisotopic (exact) mass is 358 g/mol. The fraction of sp³-hybridized carbons (Fsp3) is 0.562. The molecule has 1 unspecified atom stereocenters. The lowest BCUT2D eigenvalue weighted by Gasteiger charge is -2.31. The Labute approximate surface area is 145 Å². The Morgan fingerprint density at radius 1 is 1.09 bits per heavy atom. The van der Waals surface area contributed by atoms with Crippen molar-refractivity contribution in [1.82, 2.24) is 9.80 Å². The van der Waals surface area contributed by atoms with E-state index in [4.69, 9.17) is 23.2 Å². The molecule has 3 rings (SSSR count). The molecule has 0 aromatic heterocycles. The Kier molecular flexibility index (Phi) is 5.55. The topological polar surface area (TPSA) is 23.6 Å². The quantitative estimate of drug-likeness (QED) is 0.810. The molecule has 1 atom stereocenters. The average Bonchev–Trinajstić information content (AvgIpc) is 2.87. The predicted molar refractivity (Wildman–Crippen MR) is 93.7 cm³/mol. The van der Waals surface area contributed by atoms with Crippen LogP contribution < -0.4 is 0 Å². The molecule has 0 radical (unpaired) electrons. The third-order valence-corrected chi connectivity index (χ3v) is 6.20. The number of hydrogen-bond acceptors (Lipinski definition) is 3. The standard InChI is InChI=1S/C16H20Cl2N2OS/c17-12-5-4-6-13(18)15(12)16-20(14(21)11-22-16)10-9-19-7-2-1-3-8-19/h4-6,16H,1-3,7-11H2. The van der Waals surface area contributed by atoms with Crippen molar-refractivity contribution in [2.45, 2.75) is 24.6 Å². The van der Waals surface area contributed by atoms with Gasteiger partial charge in [0.25, 0.3) is 0 Å². The van der Waals surface area contributed by atoms with Crippen LogP contribution in [0.5, 0.6) is 0 Å². The molecule has 2 aliphatic rings. The molecule has 0 N–H and O–H groups in total. The van der Waals surface area contributed by atoms with E-state index in [1.807, 2.05) is 23.1 Å². The number of amides is 1. The van der Waals surface area contributed by atoms with Crippen LogP contribution in [0, 0.1) is 0 Å². The van der Waals surface area contributed by atoms with Crippen LogP contribution in [0.15, 0.2) is 18.2 Å². The number of halogens is 2. The number of carbonyl (C=O) groups is 1. The highest BCUT2D eigenvalue weighted by Crippen LogP contribution is 2.44. The van der Waals surface area contributed by atoms with E-state index in [0.29, 0.717) is 15.8 Å². The lowest BCUT2D eigenvalue weighted by atomic mass is 10.1. The van der Waals surface area contributed by atoms with Crippen LogP contribution in [0.4, 0.5) is 0 Å². The highest BCUT2D eigenvalue weighted by molar-refractivity contribution is 8.00. The van der Waals surface area contributed by atoms with Crippen molar-refractivity contribution in [3.63, 3.8) is 0 Å². The van der Waals surface area contributed by atoms with Crippen LogP contribution in [0.3, 0.4) is 0 Å². The number of benzene rings is 1. The molecule has 3 nitrogen and oxygen atoms in total. The summed E-state index contributed by atoms with van der Waals surface area (Å²) in [4.78, 5) is 16.6. The van der Waals surface area contributed by atoms with E-state index in [9.17, 15) is 4.79 Å². The number of likely N-dealkylation sites (tertiary alicyclic amines) is 1. The van der Waals surface area contributed by atoms with E-state index in [-0.39, 0.29) is 11.3 Å². The van der Waals surface area contributed by atoms with Gasteiger partial charge in [-0.05, 0) is 38.1 Å². The van der Waals surface area contributed by atoms with Crippen molar-refractivity contribution in [3.8, 4) is 0 Å². The molecular weight excluding hydrogens is 339 g/mol. The predicted octanol–water partition coefficient (Wildman–Crippen LogP) is 4.05. The number of piperidine rings is 1. The third kappa shape index (κ3) is 3.56. The van der Waals surface area contributed by atoms with Crippen LogP contribution in [0.25, 0.3) is 0 Å². The van der Waals surface area contributed by atoms with Crippen LogP contribution in [-0.2, 0) is 4.79 Å². The summed E-state index contributed by atoms with van der Waals surface area (Å²) in [6.45, 7) is 3.97. The molecule has 6 heteroatoms. The Hall–Kier alpha value is -0.420. The largest absolute Gasteiger partial charge is 0.324 e. The minimum Gasteiger partial charge on any atom is -0.324 e. The van der Waals surface area contributed by atoms with Crippen LogP contribution in [0.2, 0.25) is 10.0 Å². The van der Waals surface area contributed by atoms with Gasteiger partial charge in [0.1, 0.15) is 5.37 Å². The van der Waals surface area contributed by atoms with Crippen LogP contribution in [-0.4, -0.2) is 47.6 Å². The van der Waals surface area contributed by atoms with Crippen LogP contribution in [0.1, 0.15) is 30.2 Å². The number of thioether (sulfide) groups is 1. The van der Waals surface area contributed by atoms with Gasteiger partial charge in [0, 0.05) is 28.7 Å². The highest BCUT2D eigenvalue weighted by Gasteiger charge is 2.35. The summed E-state index contributed by atoms with van der Waals surface area (Å²) in [5.41, 5.74) is 0.875. The minimum absolute atomic E-state index is 0.0570. The van der Waals surface area contributed by atoms with Crippen molar-refractivity contribution in [2.24, 2.45) is 0 Å². The molecule has 0 saturated carbocycles. The second-order valence-corrected chi connectivity index (χ2v) is 7.67. The molecule has 2 saturated heterocycles. The first-order valence-corrected chi connectivity index (χ1v) is 9.54. The SMILES string of the molecule is O=C1CSC(c2c(Cl)cccc2Cl)N1CCN1CCCCC1. The van der Waals surface area contributed by atoms with Gasteiger partial charge >= 0.3 is 0 Å². The maximum Gasteiger partial charge on any atom is 0.233 e. The first-order valence-electron chi connectivity index (χ1n) is 7.74. The van der Waals surface area contributed by atoms with E-state index in [1.165, 1.54) is 19.3 Å². The molecule has 1 amide bonds. The van der Waals surface area contributed by atoms with Gasteiger partial charge in [-0.25, -0.2) is 0 Å². The second-order valence-electron chi connectivity index (χ2n) is 5.79. The van der Waals surface area contributed by atoms with E-state index >= 15 is 0 Å². The zero-order valence-corrected chi connectivity index (χ0v) is 14.8. The van der Waals surface area contributed by atoms with Crippen molar-refractivity contribution < 1.29 is 4.79 Å². The lowest BCUT2D eigenvalue weighted by molar-refractivity contribution is -0.128. The molecule has 2 heterocycles. The van der Waals surface area contributed by atoms with Crippen molar-refractivity contribution in [3.05, 3.63) is 33.8 Å². The van der Waals surface area contributed by atoms with Gasteiger partial charge in [-0.2, -0.15) is 0 Å². The number of hydrogen-bond donors (Lipinski definition) is 0. The van der Waals surface area contributed by atoms with Gasteiger partial charge in [0.2, 0.25) is 5.91 Å². The smallest absolute Gasteiger partial charge is 0.233 e. The van der Waals surface area contributed by atoms with E-state index in [2.05, 4.69) is 4.90 Å². The van der Waals surface area contributed by atoms with E-state index < -0.39 is 0 Å². The third-order valence-electron chi connectivity index (χ3n) is 4.32. The molecule has 2 aliphatic heterocycles. The van der Waals surface area contributed by atoms with E-state index in [0.717, 1.165) is 31.7 Å². The van der Waals surface area contributed by atoms with Crippen molar-refractivity contribution in [1.29, 1.82) is 0 Å². The Morgan fingerprint density at radius 3 is 2.45 bits per heavy atom. The highest BCUT2D eigenvalue weighted by atomic mass is 35.5. The zero-order valence-electron chi connectivity index (χ0n) is 12.4. The van der Waals surface area contributed by atoms with Crippen LogP contribution >= 0.6 is 35.0 Å². The second kappa shape index (κ2) is 7.43. The first-order chi connectivity index (χ1) is 10.7. The molecule has 22 heavy (non-hydrogen) atoms. The molecule has 0 bridgehead atoms. The minimum atomic E-state index is -0.0570. The summed E-state index contributed by atoms with van der Waals surface area (Å²) in [7, 11) is 0. The Morgan fingerprint density at radius 2 is 1.77 bits per heavy atom. The fourth-order valence-corrected chi connectivity index (χ4v) is 5.14. The molecule has 120 valence electrons. The molecular formula is C16H20Cl2N2OS. The lowest BCUT2D eigenvalue weighted by Crippen LogP contribution is -2.39. The number of carbonyl (C=O) groups excluding carboxylic acids is 1. The van der Waals surface area contributed by atoms with Crippen molar-refractivity contribution in [2.75, 3.05) is 31.9 Å². The van der Waals surface area contributed by atoms with Gasteiger partial charge < -0.3 is 9.80 Å². The molecule has 1 aromatic rings. The van der Waals surface area contributed by atoms with E-state index in [1.54, 1.807) is 11.8 Å². The summed E-state index contributed by atoms with van der Waals surface area (Å²) in [5, 5.41) is 1.23. The molecule has 0 spiro atoms. The fourth-order valence-electron chi connectivity index (χ4n) is 3.11. The van der Waals surface area contributed by atoms with Gasteiger partial charge in [0.05, 0.1) is 5.75 Å². The number of nitrogens with zero attached hydrogens (tertiary/aromatic N) is 2. The van der Waals surface area contributed by atoms with Gasteiger partial charge in [-0.1, -0.05) is 35.7 Å². The van der Waals surface area contributed by atoms with Gasteiger partial charge in [0.15, 0.2) is 0 Å². The maximum atomic E-state index is 12.3. The average molecular weight is 359 g/mol. The normalized spacial score (nSPS) is 23.3. The first kappa shape index (κ1) is 16.4. The molecule has 0 aliphatic carbocycles. The Balaban J connectivity index is 1.72. The zero-order chi connectivity index (χ0) is 15.5. The summed E-state index contributed by atoms with van der Waals surface area (Å²) < 4.78 is 0.